The number of hydrogen-bond donors (Lipinski definition) is 1. The molecule has 1 aromatic heterocycles. The van der Waals surface area contributed by atoms with Gasteiger partial charge in [0.2, 0.25) is 10.0 Å². The highest BCUT2D eigenvalue weighted by Gasteiger charge is 2.15. The summed E-state index contributed by atoms with van der Waals surface area (Å²) in [5.41, 5.74) is 1.87. The lowest BCUT2D eigenvalue weighted by Gasteiger charge is -2.08. The van der Waals surface area contributed by atoms with E-state index in [9.17, 15) is 13.2 Å². The summed E-state index contributed by atoms with van der Waals surface area (Å²) in [7, 11) is -1.92. The van der Waals surface area contributed by atoms with Crippen molar-refractivity contribution in [3.05, 3.63) is 57.7 Å². The van der Waals surface area contributed by atoms with Gasteiger partial charge in [-0.1, -0.05) is 23.5 Å². The van der Waals surface area contributed by atoms with Gasteiger partial charge in [-0.2, -0.15) is 0 Å². The van der Waals surface area contributed by atoms with Crippen LogP contribution in [0.4, 0.5) is 0 Å². The van der Waals surface area contributed by atoms with Crippen LogP contribution < -0.4 is 14.3 Å². The van der Waals surface area contributed by atoms with Crippen molar-refractivity contribution in [2.45, 2.75) is 24.7 Å². The Morgan fingerprint density at radius 1 is 1.15 bits per heavy atom. The second kappa shape index (κ2) is 8.24. The van der Waals surface area contributed by atoms with Gasteiger partial charge < -0.3 is 9.30 Å². The molecule has 0 spiro atoms. The van der Waals surface area contributed by atoms with Gasteiger partial charge in [-0.25, -0.2) is 13.1 Å². The molecule has 6 nitrogen and oxygen atoms in total. The molecule has 3 rings (SSSR count). The van der Waals surface area contributed by atoms with Crippen LogP contribution in [-0.4, -0.2) is 26.1 Å². The topological polar surface area (TPSA) is 77.4 Å². The first-order valence-corrected chi connectivity index (χ1v) is 11.0. The number of hydrogen-bond acceptors (Lipinski definition) is 5. The Hall–Kier alpha value is -2.16. The lowest BCUT2D eigenvalue weighted by Crippen LogP contribution is -2.25. The van der Waals surface area contributed by atoms with Crippen LogP contribution in [0, 0.1) is 0 Å². The Bertz CT molecular complexity index is 1080. The Morgan fingerprint density at radius 2 is 1.89 bits per heavy atom. The van der Waals surface area contributed by atoms with Gasteiger partial charge in [-0.3, -0.25) is 4.79 Å². The summed E-state index contributed by atoms with van der Waals surface area (Å²) < 4.78 is 35.2. The fourth-order valence-corrected chi connectivity index (χ4v) is 4.88. The van der Waals surface area contributed by atoms with Crippen LogP contribution in [0.1, 0.15) is 18.9 Å². The Balaban J connectivity index is 1.59. The van der Waals surface area contributed by atoms with Crippen LogP contribution in [0.3, 0.4) is 0 Å². The molecule has 0 fully saturated rings. The number of benzene rings is 2. The highest BCUT2D eigenvalue weighted by molar-refractivity contribution is 7.89. The number of nitrogens with zero attached hydrogens (tertiary/aromatic N) is 1. The van der Waals surface area contributed by atoms with E-state index in [4.69, 9.17) is 4.74 Å². The van der Waals surface area contributed by atoms with E-state index in [2.05, 4.69) is 4.72 Å². The Morgan fingerprint density at radius 3 is 2.59 bits per heavy atom. The molecule has 0 unspecified atom stereocenters. The van der Waals surface area contributed by atoms with Crippen molar-refractivity contribution < 1.29 is 13.2 Å². The molecule has 0 atom stereocenters. The van der Waals surface area contributed by atoms with Gasteiger partial charge in [0.05, 0.1) is 21.7 Å². The molecule has 0 aliphatic carbocycles. The highest BCUT2D eigenvalue weighted by atomic mass is 32.2. The van der Waals surface area contributed by atoms with Crippen molar-refractivity contribution in [1.82, 2.24) is 9.29 Å². The van der Waals surface area contributed by atoms with Gasteiger partial charge in [0.1, 0.15) is 5.75 Å². The number of aromatic nitrogens is 1. The zero-order chi connectivity index (χ0) is 19.4. The van der Waals surface area contributed by atoms with Crippen molar-refractivity contribution in [2.24, 2.45) is 7.05 Å². The maximum Gasteiger partial charge on any atom is 0.307 e. The van der Waals surface area contributed by atoms with Crippen LogP contribution in [0.2, 0.25) is 0 Å². The van der Waals surface area contributed by atoms with Crippen molar-refractivity contribution in [3.63, 3.8) is 0 Å². The summed E-state index contributed by atoms with van der Waals surface area (Å²) in [4.78, 5) is 11.8. The Kier molecular flexibility index (Phi) is 5.98. The normalized spacial score (nSPS) is 11.8. The zero-order valence-corrected chi connectivity index (χ0v) is 16.9. The number of rotatable bonds is 8. The van der Waals surface area contributed by atoms with E-state index >= 15 is 0 Å². The van der Waals surface area contributed by atoms with Crippen LogP contribution in [0.5, 0.6) is 5.75 Å². The molecule has 0 saturated carbocycles. The van der Waals surface area contributed by atoms with E-state index in [0.29, 0.717) is 24.3 Å². The summed E-state index contributed by atoms with van der Waals surface area (Å²) in [6.07, 6.45) is 1.46. The third-order valence-electron chi connectivity index (χ3n) is 4.24. The SMILES string of the molecule is CCOc1ccc(CCCNS(=O)(=O)c2ccc3c(c2)sc(=O)n3C)cc1. The molecule has 0 saturated heterocycles. The van der Waals surface area contributed by atoms with E-state index in [1.807, 2.05) is 31.2 Å². The molecule has 27 heavy (non-hydrogen) atoms. The fraction of sp³-hybridized carbons (Fsp3) is 0.316. The second-order valence-corrected chi connectivity index (χ2v) is 8.89. The third kappa shape index (κ3) is 4.58. The predicted octanol–water partition coefficient (Wildman–Crippen LogP) is 2.91. The van der Waals surface area contributed by atoms with Gasteiger partial charge >= 0.3 is 4.87 Å². The summed E-state index contributed by atoms with van der Waals surface area (Å²) in [5.74, 6) is 0.834. The van der Waals surface area contributed by atoms with Gasteiger partial charge in [-0.15, -0.1) is 0 Å². The number of thiazole rings is 1. The van der Waals surface area contributed by atoms with Crippen LogP contribution in [0.25, 0.3) is 10.2 Å². The van der Waals surface area contributed by atoms with Gasteiger partial charge in [0.15, 0.2) is 0 Å². The van der Waals surface area contributed by atoms with E-state index in [1.165, 1.54) is 10.6 Å². The maximum absolute atomic E-state index is 12.5. The lowest BCUT2D eigenvalue weighted by atomic mass is 10.1. The standard InChI is InChI=1S/C19H22N2O4S2/c1-3-25-15-8-6-14(7-9-15)5-4-12-20-27(23,24)16-10-11-17-18(13-16)26-19(22)21(17)2/h6-11,13,20H,3-5,12H2,1-2H3. The average Bonchev–Trinajstić information content (AvgIpc) is 2.94. The van der Waals surface area contributed by atoms with Crippen molar-refractivity contribution in [1.29, 1.82) is 0 Å². The minimum Gasteiger partial charge on any atom is -0.494 e. The van der Waals surface area contributed by atoms with Gasteiger partial charge in [-0.05, 0) is 55.7 Å². The lowest BCUT2D eigenvalue weighted by molar-refractivity contribution is 0.340. The van der Waals surface area contributed by atoms with Crippen LogP contribution >= 0.6 is 11.3 Å². The van der Waals surface area contributed by atoms with E-state index in [1.54, 1.807) is 19.2 Å². The molecule has 144 valence electrons. The van der Waals surface area contributed by atoms with Gasteiger partial charge in [0.25, 0.3) is 0 Å². The third-order valence-corrected chi connectivity index (χ3v) is 6.70. The fourth-order valence-electron chi connectivity index (χ4n) is 2.78. The number of fused-ring (bicyclic) bond motifs is 1. The number of sulfonamides is 1. The first-order valence-electron chi connectivity index (χ1n) is 8.71. The molecule has 8 heteroatoms. The minimum atomic E-state index is -3.60. The predicted molar refractivity (Wildman–Crippen MR) is 108 cm³/mol. The molecule has 0 aliphatic heterocycles. The van der Waals surface area contributed by atoms with Gasteiger partial charge in [0, 0.05) is 13.6 Å². The Labute approximate surface area is 162 Å². The first kappa shape index (κ1) is 19.6. The molecule has 0 radical (unpaired) electrons. The summed E-state index contributed by atoms with van der Waals surface area (Å²) >= 11 is 1.04. The quantitative estimate of drug-likeness (QED) is 0.584. The molecular formula is C19H22N2O4S2. The van der Waals surface area contributed by atoms with Crippen molar-refractivity contribution >= 4 is 31.6 Å². The molecule has 2 aromatic carbocycles. The number of ether oxygens (including phenoxy) is 1. The molecule has 1 N–H and O–H groups in total. The largest absolute Gasteiger partial charge is 0.494 e. The maximum atomic E-state index is 12.5. The summed E-state index contributed by atoms with van der Waals surface area (Å²) in [6.45, 7) is 2.92. The van der Waals surface area contributed by atoms with Crippen LogP contribution in [0.15, 0.2) is 52.2 Å². The summed E-state index contributed by atoms with van der Waals surface area (Å²) in [6, 6.07) is 12.6. The molecule has 0 bridgehead atoms. The smallest absolute Gasteiger partial charge is 0.307 e. The average molecular weight is 407 g/mol. The van der Waals surface area contributed by atoms with Crippen LogP contribution in [-0.2, 0) is 23.5 Å². The van der Waals surface area contributed by atoms with Crippen molar-refractivity contribution in [3.8, 4) is 5.75 Å². The highest BCUT2D eigenvalue weighted by Crippen LogP contribution is 2.21. The van der Waals surface area contributed by atoms with Crippen molar-refractivity contribution in [2.75, 3.05) is 13.2 Å². The molecule has 1 heterocycles. The molecular weight excluding hydrogens is 384 g/mol. The van der Waals surface area contributed by atoms with E-state index in [0.717, 1.165) is 34.6 Å². The summed E-state index contributed by atoms with van der Waals surface area (Å²) in [5, 5.41) is 0. The number of nitrogens with one attached hydrogen (secondary N) is 1. The molecule has 0 amide bonds. The second-order valence-electron chi connectivity index (χ2n) is 6.13. The first-order chi connectivity index (χ1) is 12.9. The minimum absolute atomic E-state index is 0.108. The molecule has 0 aliphatic rings. The number of aryl methyl sites for hydroxylation is 2. The molecule has 3 aromatic rings. The van der Waals surface area contributed by atoms with E-state index < -0.39 is 10.0 Å². The zero-order valence-electron chi connectivity index (χ0n) is 15.3. The monoisotopic (exact) mass is 406 g/mol. The van der Waals surface area contributed by atoms with E-state index in [-0.39, 0.29) is 9.77 Å².